The van der Waals surface area contributed by atoms with Crippen LogP contribution < -0.4 is 14.4 Å². The van der Waals surface area contributed by atoms with Crippen molar-refractivity contribution in [2.75, 3.05) is 29.0 Å². The highest BCUT2D eigenvalue weighted by atomic mass is 32.2. The fourth-order valence-corrected chi connectivity index (χ4v) is 3.43. The second-order valence-electron chi connectivity index (χ2n) is 6.10. The van der Waals surface area contributed by atoms with Crippen LogP contribution in [0.5, 0.6) is 5.75 Å². The molecule has 0 saturated heterocycles. The predicted molar refractivity (Wildman–Crippen MR) is 104 cm³/mol. The van der Waals surface area contributed by atoms with E-state index in [4.69, 9.17) is 9.47 Å². The molecule has 0 spiro atoms. The summed E-state index contributed by atoms with van der Waals surface area (Å²) in [6.45, 7) is 1.50. The Balaban J connectivity index is 1.94. The van der Waals surface area contributed by atoms with Gasteiger partial charge in [-0.1, -0.05) is 18.2 Å². The van der Waals surface area contributed by atoms with Crippen LogP contribution in [0, 0.1) is 0 Å². The lowest BCUT2D eigenvalue weighted by Crippen LogP contribution is -2.47. The zero-order valence-electron chi connectivity index (χ0n) is 15.4. The first-order valence-electron chi connectivity index (χ1n) is 8.60. The van der Waals surface area contributed by atoms with Gasteiger partial charge in [-0.25, -0.2) is 13.2 Å². The zero-order chi connectivity index (χ0) is 20.3. The Kier molecular flexibility index (Phi) is 5.55. The fraction of sp³-hybridized carbons (Fsp3) is 0.263. The van der Waals surface area contributed by atoms with Gasteiger partial charge in [-0.3, -0.25) is 9.52 Å². The predicted octanol–water partition coefficient (Wildman–Crippen LogP) is 2.03. The van der Waals surface area contributed by atoms with E-state index in [0.717, 1.165) is 0 Å². The largest absolute Gasteiger partial charge is 0.475 e. The van der Waals surface area contributed by atoms with Gasteiger partial charge in [0.25, 0.3) is 5.91 Å². The number of carbonyl (C=O) groups is 2. The Labute approximate surface area is 163 Å². The number of methoxy groups -OCH3 is 1. The number of hydrogen-bond donors (Lipinski definition) is 1. The zero-order valence-corrected chi connectivity index (χ0v) is 16.2. The van der Waals surface area contributed by atoms with Crippen molar-refractivity contribution in [3.63, 3.8) is 0 Å². The van der Waals surface area contributed by atoms with E-state index in [1.165, 1.54) is 25.0 Å². The number of nitrogens with zero attached hydrogens (tertiary/aromatic N) is 1. The number of para-hydroxylation sites is 2. The fourth-order valence-electron chi connectivity index (χ4n) is 2.80. The van der Waals surface area contributed by atoms with Crippen LogP contribution in [-0.4, -0.2) is 45.8 Å². The van der Waals surface area contributed by atoms with E-state index in [9.17, 15) is 18.0 Å². The molecule has 1 amide bonds. The second kappa shape index (κ2) is 7.89. The molecule has 0 aromatic heterocycles. The normalized spacial score (nSPS) is 15.9. The van der Waals surface area contributed by atoms with Crippen LogP contribution in [0.1, 0.15) is 17.3 Å². The lowest BCUT2D eigenvalue weighted by Gasteiger charge is -2.33. The van der Waals surface area contributed by atoms with Crippen molar-refractivity contribution >= 4 is 33.3 Å². The molecule has 0 radical (unpaired) electrons. The molecule has 1 aliphatic heterocycles. The molecule has 148 valence electrons. The third-order valence-corrected chi connectivity index (χ3v) is 5.55. The third-order valence-electron chi connectivity index (χ3n) is 4.25. The van der Waals surface area contributed by atoms with Gasteiger partial charge in [-0.2, -0.15) is 0 Å². The summed E-state index contributed by atoms with van der Waals surface area (Å²) in [6, 6.07) is 13.1. The van der Waals surface area contributed by atoms with E-state index in [-0.39, 0.29) is 23.8 Å². The van der Waals surface area contributed by atoms with Crippen LogP contribution in [0.15, 0.2) is 48.5 Å². The molecule has 3 rings (SSSR count). The van der Waals surface area contributed by atoms with Crippen molar-refractivity contribution in [3.05, 3.63) is 54.1 Å². The van der Waals surface area contributed by atoms with Crippen LogP contribution in [0.4, 0.5) is 11.4 Å². The molecule has 0 unspecified atom stereocenters. The number of benzene rings is 2. The molecule has 28 heavy (non-hydrogen) atoms. The molecule has 0 aliphatic carbocycles. The minimum absolute atomic E-state index is 0.0204. The smallest absolute Gasteiger partial charge is 0.348 e. The van der Waals surface area contributed by atoms with E-state index >= 15 is 0 Å². The molecule has 1 aliphatic rings. The molecule has 2 aromatic carbocycles. The summed E-state index contributed by atoms with van der Waals surface area (Å²) in [5, 5.41) is 0. The number of sulfonamides is 1. The SMILES string of the molecule is CCS(=O)(=O)Nc1cccc(C(=O)N2C[C@H](C(=O)OC)Oc3ccccc32)c1. The van der Waals surface area contributed by atoms with E-state index in [1.807, 2.05) is 0 Å². The molecule has 1 heterocycles. The molecule has 8 nitrogen and oxygen atoms in total. The molecule has 0 bridgehead atoms. The summed E-state index contributed by atoms with van der Waals surface area (Å²) in [5.41, 5.74) is 1.09. The number of fused-ring (bicyclic) bond motifs is 1. The summed E-state index contributed by atoms with van der Waals surface area (Å²) < 4.78 is 36.4. The van der Waals surface area contributed by atoms with Gasteiger partial charge in [0, 0.05) is 11.3 Å². The number of nitrogens with one attached hydrogen (secondary N) is 1. The second-order valence-corrected chi connectivity index (χ2v) is 8.11. The molecule has 0 saturated carbocycles. The number of esters is 1. The quantitative estimate of drug-likeness (QED) is 0.765. The number of rotatable bonds is 5. The standard InChI is InChI=1S/C19H20N2O6S/c1-3-28(24,25)20-14-8-6-7-13(11-14)18(22)21-12-17(19(23)26-2)27-16-10-5-4-9-15(16)21/h4-11,17,20H,3,12H2,1-2H3/t17-/m1/s1. The summed E-state index contributed by atoms with van der Waals surface area (Å²) in [5.74, 6) is -0.665. The monoisotopic (exact) mass is 404 g/mol. The first-order valence-corrected chi connectivity index (χ1v) is 10.3. The van der Waals surface area contributed by atoms with Gasteiger partial charge in [0.05, 0.1) is 25.1 Å². The molecule has 2 aromatic rings. The van der Waals surface area contributed by atoms with Crippen molar-refractivity contribution in [2.24, 2.45) is 0 Å². The van der Waals surface area contributed by atoms with Gasteiger partial charge in [-0.05, 0) is 37.3 Å². The molecule has 1 N–H and O–H groups in total. The van der Waals surface area contributed by atoms with Crippen LogP contribution in [0.2, 0.25) is 0 Å². The molecule has 0 fully saturated rings. The minimum Gasteiger partial charge on any atom is -0.475 e. The summed E-state index contributed by atoms with van der Waals surface area (Å²) in [6.07, 6.45) is -0.953. The van der Waals surface area contributed by atoms with Crippen molar-refractivity contribution in [1.29, 1.82) is 0 Å². The summed E-state index contributed by atoms with van der Waals surface area (Å²) >= 11 is 0. The maximum absolute atomic E-state index is 13.1. The lowest BCUT2D eigenvalue weighted by molar-refractivity contribution is -0.148. The number of anilines is 2. The Hall–Kier alpha value is -3.07. The van der Waals surface area contributed by atoms with Crippen LogP contribution >= 0.6 is 0 Å². The molecular weight excluding hydrogens is 384 g/mol. The van der Waals surface area contributed by atoms with E-state index in [0.29, 0.717) is 17.1 Å². The van der Waals surface area contributed by atoms with Crippen molar-refractivity contribution < 1.29 is 27.5 Å². The molecule has 9 heteroatoms. The van der Waals surface area contributed by atoms with Crippen molar-refractivity contribution in [3.8, 4) is 5.75 Å². The Morgan fingerprint density at radius 2 is 1.96 bits per heavy atom. The van der Waals surface area contributed by atoms with Gasteiger partial charge in [-0.15, -0.1) is 0 Å². The molecule has 1 atom stereocenters. The van der Waals surface area contributed by atoms with Gasteiger partial charge >= 0.3 is 5.97 Å². The Morgan fingerprint density at radius 1 is 1.21 bits per heavy atom. The minimum atomic E-state index is -3.47. The van der Waals surface area contributed by atoms with Crippen molar-refractivity contribution in [1.82, 2.24) is 0 Å². The van der Waals surface area contributed by atoms with E-state index in [2.05, 4.69) is 4.72 Å². The maximum Gasteiger partial charge on any atom is 0.348 e. The number of amides is 1. The van der Waals surface area contributed by atoms with Crippen LogP contribution in [0.3, 0.4) is 0 Å². The van der Waals surface area contributed by atoms with Gasteiger partial charge < -0.3 is 14.4 Å². The van der Waals surface area contributed by atoms with Crippen molar-refractivity contribution in [2.45, 2.75) is 13.0 Å². The average molecular weight is 404 g/mol. The number of hydrogen-bond acceptors (Lipinski definition) is 6. The highest BCUT2D eigenvalue weighted by Crippen LogP contribution is 2.34. The molecular formula is C19H20N2O6S. The average Bonchev–Trinajstić information content (AvgIpc) is 2.71. The van der Waals surface area contributed by atoms with Crippen LogP contribution in [0.25, 0.3) is 0 Å². The number of carbonyl (C=O) groups excluding carboxylic acids is 2. The first-order chi connectivity index (χ1) is 13.3. The maximum atomic E-state index is 13.1. The van der Waals surface area contributed by atoms with Gasteiger partial charge in [0.2, 0.25) is 16.1 Å². The summed E-state index contributed by atoms with van der Waals surface area (Å²) in [4.78, 5) is 26.5. The highest BCUT2D eigenvalue weighted by molar-refractivity contribution is 7.92. The van der Waals surface area contributed by atoms with E-state index < -0.39 is 22.1 Å². The highest BCUT2D eigenvalue weighted by Gasteiger charge is 2.34. The Morgan fingerprint density at radius 3 is 2.68 bits per heavy atom. The lowest BCUT2D eigenvalue weighted by atomic mass is 10.1. The topological polar surface area (TPSA) is 102 Å². The van der Waals surface area contributed by atoms with Gasteiger partial charge in [0.1, 0.15) is 5.75 Å². The van der Waals surface area contributed by atoms with E-state index in [1.54, 1.807) is 42.5 Å². The Bertz CT molecular complexity index is 1000. The number of ether oxygens (including phenoxy) is 2. The third kappa shape index (κ3) is 4.09. The first kappa shape index (κ1) is 19.7. The van der Waals surface area contributed by atoms with Gasteiger partial charge in [0.15, 0.2) is 0 Å². The van der Waals surface area contributed by atoms with Crippen LogP contribution in [-0.2, 0) is 19.6 Å². The summed E-state index contributed by atoms with van der Waals surface area (Å²) in [7, 11) is -2.22.